The summed E-state index contributed by atoms with van der Waals surface area (Å²) in [5, 5.41) is 26.1. The Balaban J connectivity index is 1.41. The predicted molar refractivity (Wildman–Crippen MR) is 168 cm³/mol. The first-order valence-corrected chi connectivity index (χ1v) is 14.7. The standard InChI is InChI=1S/C30H29Cl2N9O4/c1-18(42)40-12-11-19(16-40)13-25(35-28(43)10-5-21-14-22(31)6-9-27(21)41-17-33-38-39-41)26-15-24(29(32)37-36-26)20-3-7-23(8-4-20)34-30(44)45-2/h3-10,14-15,17,19,25H,11-13,16H2,1-2H3,(H,34,44)(H,35,43)/t19?,25-/m0/s1. The van der Waals surface area contributed by atoms with Gasteiger partial charge in [0.15, 0.2) is 5.15 Å². The lowest BCUT2D eigenvalue weighted by Gasteiger charge is -2.22. The van der Waals surface area contributed by atoms with Crippen LogP contribution in [0.1, 0.15) is 37.1 Å². The summed E-state index contributed by atoms with van der Waals surface area (Å²) in [6.45, 7) is 2.78. The van der Waals surface area contributed by atoms with Crippen LogP contribution in [-0.4, -0.2) is 73.4 Å². The van der Waals surface area contributed by atoms with Crippen molar-refractivity contribution in [1.82, 2.24) is 40.6 Å². The molecule has 3 heterocycles. The lowest BCUT2D eigenvalue weighted by atomic mass is 9.95. The van der Waals surface area contributed by atoms with Crippen molar-refractivity contribution in [2.24, 2.45) is 5.92 Å². The number of carbonyl (C=O) groups excluding carboxylic acids is 3. The zero-order valence-electron chi connectivity index (χ0n) is 24.4. The van der Waals surface area contributed by atoms with Crippen molar-refractivity contribution < 1.29 is 19.1 Å². The third-order valence-electron chi connectivity index (χ3n) is 7.37. The number of ether oxygens (including phenoxy) is 1. The van der Waals surface area contributed by atoms with Crippen molar-refractivity contribution in [1.29, 1.82) is 0 Å². The molecule has 4 aromatic rings. The summed E-state index contributed by atoms with van der Waals surface area (Å²) in [6.07, 6.45) is 5.21. The number of nitrogens with zero attached hydrogens (tertiary/aromatic N) is 7. The molecule has 2 aromatic heterocycles. The number of benzene rings is 2. The van der Waals surface area contributed by atoms with Crippen molar-refractivity contribution in [3.8, 4) is 16.8 Å². The number of nitrogens with one attached hydrogen (secondary N) is 2. The maximum Gasteiger partial charge on any atom is 0.411 e. The molecule has 2 N–H and O–H groups in total. The first kappa shape index (κ1) is 31.5. The van der Waals surface area contributed by atoms with Crippen molar-refractivity contribution in [2.45, 2.75) is 25.8 Å². The van der Waals surface area contributed by atoms with Gasteiger partial charge in [-0.1, -0.05) is 35.3 Å². The molecular formula is C30H29Cl2N9O4. The molecule has 2 aromatic carbocycles. The summed E-state index contributed by atoms with van der Waals surface area (Å²) in [7, 11) is 1.28. The zero-order chi connectivity index (χ0) is 31.9. The van der Waals surface area contributed by atoms with Gasteiger partial charge in [-0.05, 0) is 77.2 Å². The van der Waals surface area contributed by atoms with E-state index in [0.29, 0.717) is 52.7 Å². The van der Waals surface area contributed by atoms with Crippen LogP contribution in [0.2, 0.25) is 10.2 Å². The van der Waals surface area contributed by atoms with E-state index in [9.17, 15) is 14.4 Å². The number of aromatic nitrogens is 6. The third kappa shape index (κ3) is 7.99. The normalized spacial score (nSPS) is 15.2. The molecule has 0 radical (unpaired) electrons. The van der Waals surface area contributed by atoms with Gasteiger partial charge in [-0.15, -0.1) is 10.2 Å². The van der Waals surface area contributed by atoms with E-state index in [2.05, 4.69) is 41.1 Å². The number of methoxy groups -OCH3 is 1. The van der Waals surface area contributed by atoms with Crippen LogP contribution in [-0.2, 0) is 14.3 Å². The maximum atomic E-state index is 13.3. The molecule has 45 heavy (non-hydrogen) atoms. The van der Waals surface area contributed by atoms with Crippen molar-refractivity contribution in [3.63, 3.8) is 0 Å². The molecule has 1 aliphatic heterocycles. The predicted octanol–water partition coefficient (Wildman–Crippen LogP) is 4.73. The largest absolute Gasteiger partial charge is 0.453 e. The van der Waals surface area contributed by atoms with Gasteiger partial charge in [0.1, 0.15) is 6.33 Å². The van der Waals surface area contributed by atoms with Crippen LogP contribution in [0.25, 0.3) is 22.9 Å². The fourth-order valence-corrected chi connectivity index (χ4v) is 5.47. The highest BCUT2D eigenvalue weighted by Gasteiger charge is 2.29. The molecule has 0 spiro atoms. The number of hydrogen-bond acceptors (Lipinski definition) is 9. The van der Waals surface area contributed by atoms with Gasteiger partial charge < -0.3 is 15.0 Å². The Labute approximate surface area is 268 Å². The average Bonchev–Trinajstić information content (AvgIpc) is 3.74. The number of tetrazole rings is 1. The van der Waals surface area contributed by atoms with Gasteiger partial charge in [-0.2, -0.15) is 9.78 Å². The highest BCUT2D eigenvalue weighted by Crippen LogP contribution is 2.32. The second kappa shape index (κ2) is 14.3. The average molecular weight is 651 g/mol. The number of likely N-dealkylation sites (tertiary alicyclic amines) is 1. The van der Waals surface area contributed by atoms with Gasteiger partial charge in [0.2, 0.25) is 11.8 Å². The molecule has 15 heteroatoms. The molecule has 1 fully saturated rings. The van der Waals surface area contributed by atoms with Crippen LogP contribution >= 0.6 is 23.2 Å². The Kier molecular flexibility index (Phi) is 10.0. The van der Waals surface area contributed by atoms with Gasteiger partial charge in [0.05, 0.1) is 24.5 Å². The Bertz CT molecular complexity index is 1720. The number of halogens is 2. The molecule has 1 aliphatic rings. The van der Waals surface area contributed by atoms with Gasteiger partial charge in [-0.3, -0.25) is 14.9 Å². The minimum atomic E-state index is -0.585. The monoisotopic (exact) mass is 649 g/mol. The van der Waals surface area contributed by atoms with Crippen LogP contribution in [0.15, 0.2) is 60.9 Å². The molecule has 5 rings (SSSR count). The first-order valence-electron chi connectivity index (χ1n) is 14.0. The number of rotatable bonds is 9. The number of amides is 3. The Hall–Kier alpha value is -4.88. The highest BCUT2D eigenvalue weighted by molar-refractivity contribution is 6.32. The second-order valence-corrected chi connectivity index (χ2v) is 11.2. The second-order valence-electron chi connectivity index (χ2n) is 10.4. The Morgan fingerprint density at radius 3 is 2.60 bits per heavy atom. The number of anilines is 1. The summed E-state index contributed by atoms with van der Waals surface area (Å²) in [6, 6.07) is 13.4. The lowest BCUT2D eigenvalue weighted by molar-refractivity contribution is -0.128. The summed E-state index contributed by atoms with van der Waals surface area (Å²) in [5.41, 5.74) is 3.65. The van der Waals surface area contributed by atoms with E-state index in [4.69, 9.17) is 23.2 Å². The maximum absolute atomic E-state index is 13.3. The minimum Gasteiger partial charge on any atom is -0.453 e. The molecule has 0 saturated carbocycles. The topological polar surface area (TPSA) is 157 Å². The fourth-order valence-electron chi connectivity index (χ4n) is 5.09. The van der Waals surface area contributed by atoms with E-state index in [1.807, 2.05) is 0 Å². The van der Waals surface area contributed by atoms with Crippen LogP contribution in [0.5, 0.6) is 0 Å². The molecular weight excluding hydrogens is 621 g/mol. The highest BCUT2D eigenvalue weighted by atomic mass is 35.5. The Morgan fingerprint density at radius 1 is 1.11 bits per heavy atom. The van der Waals surface area contributed by atoms with Crippen molar-refractivity contribution >= 4 is 52.9 Å². The van der Waals surface area contributed by atoms with E-state index < -0.39 is 12.1 Å². The fraction of sp³-hybridized carbons (Fsp3) is 0.267. The van der Waals surface area contributed by atoms with E-state index in [0.717, 1.165) is 12.0 Å². The zero-order valence-corrected chi connectivity index (χ0v) is 25.9. The summed E-state index contributed by atoms with van der Waals surface area (Å²) < 4.78 is 6.11. The van der Waals surface area contributed by atoms with E-state index >= 15 is 0 Å². The summed E-state index contributed by atoms with van der Waals surface area (Å²) in [4.78, 5) is 38.7. The third-order valence-corrected chi connectivity index (χ3v) is 7.88. The molecule has 0 bridgehead atoms. The van der Waals surface area contributed by atoms with Gasteiger partial charge >= 0.3 is 6.09 Å². The number of hydrogen-bond donors (Lipinski definition) is 2. The van der Waals surface area contributed by atoms with Crippen molar-refractivity contribution in [2.75, 3.05) is 25.5 Å². The molecule has 1 unspecified atom stereocenters. The van der Waals surface area contributed by atoms with Crippen LogP contribution in [0.4, 0.5) is 10.5 Å². The van der Waals surface area contributed by atoms with Gasteiger partial charge in [0, 0.05) is 47.9 Å². The SMILES string of the molecule is COC(=O)Nc1ccc(-c2cc([C@H](CC3CCN(C(C)=O)C3)NC(=O)C=Cc3cc(Cl)ccc3-n3cnnn3)nnc2Cl)cc1. The van der Waals surface area contributed by atoms with Crippen LogP contribution in [0, 0.1) is 5.92 Å². The quantitative estimate of drug-likeness (QED) is 0.244. The Morgan fingerprint density at radius 2 is 1.91 bits per heavy atom. The summed E-state index contributed by atoms with van der Waals surface area (Å²) in [5.74, 6) is -0.229. The molecule has 2 atom stereocenters. The van der Waals surface area contributed by atoms with Crippen LogP contribution in [0.3, 0.4) is 0 Å². The minimum absolute atomic E-state index is 0.0135. The van der Waals surface area contributed by atoms with Crippen LogP contribution < -0.4 is 10.6 Å². The molecule has 0 aliphatic carbocycles. The van der Waals surface area contributed by atoms with E-state index in [1.165, 1.54) is 24.2 Å². The first-order chi connectivity index (χ1) is 21.7. The van der Waals surface area contributed by atoms with E-state index in [-0.39, 0.29) is 22.9 Å². The number of carbonyl (C=O) groups is 3. The molecule has 13 nitrogen and oxygen atoms in total. The van der Waals surface area contributed by atoms with E-state index in [1.54, 1.807) is 66.4 Å². The van der Waals surface area contributed by atoms with Gasteiger partial charge in [0.25, 0.3) is 0 Å². The molecule has 232 valence electrons. The van der Waals surface area contributed by atoms with Gasteiger partial charge in [-0.25, -0.2) is 4.79 Å². The molecule has 3 amide bonds. The lowest BCUT2D eigenvalue weighted by Crippen LogP contribution is -2.31. The smallest absolute Gasteiger partial charge is 0.411 e. The molecule has 1 saturated heterocycles. The van der Waals surface area contributed by atoms with Crippen molar-refractivity contribution in [3.05, 3.63) is 82.4 Å². The summed E-state index contributed by atoms with van der Waals surface area (Å²) >= 11 is 12.7.